The minimum atomic E-state index is -0.238. The normalized spacial score (nSPS) is 18.1. The van der Waals surface area contributed by atoms with E-state index in [9.17, 15) is 9.18 Å². The highest BCUT2D eigenvalue weighted by molar-refractivity contribution is 6.30. The summed E-state index contributed by atoms with van der Waals surface area (Å²) in [6.45, 7) is 0.570. The van der Waals surface area contributed by atoms with Gasteiger partial charge in [-0.15, -0.1) is 0 Å². The first-order valence-electron chi connectivity index (χ1n) is 11.7. The Morgan fingerprint density at radius 1 is 0.941 bits per heavy atom. The summed E-state index contributed by atoms with van der Waals surface area (Å²) in [7, 11) is 0. The van der Waals surface area contributed by atoms with Gasteiger partial charge in [-0.25, -0.2) is 4.39 Å². The Bertz CT molecular complexity index is 1280. The van der Waals surface area contributed by atoms with Gasteiger partial charge >= 0.3 is 0 Å². The van der Waals surface area contributed by atoms with Crippen LogP contribution in [0.5, 0.6) is 0 Å². The van der Waals surface area contributed by atoms with E-state index in [1.54, 1.807) is 36.4 Å². The maximum atomic E-state index is 14.0. The van der Waals surface area contributed by atoms with Crippen LogP contribution in [0.3, 0.4) is 0 Å². The van der Waals surface area contributed by atoms with E-state index in [1.165, 1.54) is 6.07 Å². The largest absolute Gasteiger partial charge is 0.331 e. The van der Waals surface area contributed by atoms with Crippen molar-refractivity contribution in [3.8, 4) is 0 Å². The van der Waals surface area contributed by atoms with Crippen molar-refractivity contribution in [3.05, 3.63) is 113 Å². The Morgan fingerprint density at radius 2 is 1.68 bits per heavy atom. The quantitative estimate of drug-likeness (QED) is 0.303. The van der Waals surface area contributed by atoms with Gasteiger partial charge in [0.15, 0.2) is 0 Å². The molecule has 3 aromatic carbocycles. The smallest absolute Gasteiger partial charge is 0.254 e. The molecule has 1 aliphatic carbocycles. The fourth-order valence-electron chi connectivity index (χ4n) is 5.10. The number of hydrogen-bond donors (Lipinski definition) is 0. The maximum absolute atomic E-state index is 14.0. The number of halogens is 2. The zero-order chi connectivity index (χ0) is 23.5. The second kappa shape index (κ2) is 9.94. The number of pyridine rings is 1. The van der Waals surface area contributed by atoms with E-state index in [-0.39, 0.29) is 17.8 Å². The fourth-order valence-corrected chi connectivity index (χ4v) is 5.23. The SMILES string of the molecule is O=C(c1ccc(Cl)cc1)N(Cc1ccccc1)[C@H]1CC[C@H](c2ccnc3ccc(F)cc32)CC1. The molecule has 3 nitrogen and oxygen atoms in total. The van der Waals surface area contributed by atoms with Crippen molar-refractivity contribution in [3.63, 3.8) is 0 Å². The number of benzene rings is 3. The number of hydrogen-bond acceptors (Lipinski definition) is 2. The van der Waals surface area contributed by atoms with E-state index in [2.05, 4.69) is 17.1 Å². The molecule has 0 radical (unpaired) electrons. The maximum Gasteiger partial charge on any atom is 0.254 e. The number of carbonyl (C=O) groups excluding carboxylic acids is 1. The van der Waals surface area contributed by atoms with Crippen LogP contribution in [0.15, 0.2) is 85.1 Å². The molecule has 0 aliphatic heterocycles. The molecule has 1 aromatic heterocycles. The Labute approximate surface area is 204 Å². The Balaban J connectivity index is 1.38. The van der Waals surface area contributed by atoms with Crippen molar-refractivity contribution in [2.45, 2.75) is 44.2 Å². The van der Waals surface area contributed by atoms with Gasteiger partial charge in [-0.2, -0.15) is 0 Å². The molecule has 0 bridgehead atoms. The summed E-state index contributed by atoms with van der Waals surface area (Å²) in [6.07, 6.45) is 5.50. The van der Waals surface area contributed by atoms with E-state index in [0.29, 0.717) is 23.0 Å². The van der Waals surface area contributed by atoms with Gasteiger partial charge in [0.05, 0.1) is 5.52 Å². The third-order valence-corrected chi connectivity index (χ3v) is 7.11. The predicted octanol–water partition coefficient (Wildman–Crippen LogP) is 7.40. The monoisotopic (exact) mass is 472 g/mol. The first-order valence-corrected chi connectivity index (χ1v) is 12.1. The fraction of sp³-hybridized carbons (Fsp3) is 0.241. The molecule has 0 saturated heterocycles. The minimum absolute atomic E-state index is 0.0281. The van der Waals surface area contributed by atoms with E-state index in [0.717, 1.165) is 47.7 Å². The molecule has 1 heterocycles. The Hall–Kier alpha value is -3.24. The number of aromatic nitrogens is 1. The third kappa shape index (κ3) is 4.83. The Morgan fingerprint density at radius 3 is 2.41 bits per heavy atom. The number of rotatable bonds is 5. The highest BCUT2D eigenvalue weighted by Crippen LogP contribution is 2.38. The van der Waals surface area contributed by atoms with Crippen molar-refractivity contribution in [2.75, 3.05) is 0 Å². The summed E-state index contributed by atoms with van der Waals surface area (Å²) in [5, 5.41) is 1.51. The van der Waals surface area contributed by atoms with Crippen LogP contribution in [-0.2, 0) is 6.54 Å². The first kappa shape index (κ1) is 22.5. The number of nitrogens with zero attached hydrogens (tertiary/aromatic N) is 2. The average molecular weight is 473 g/mol. The highest BCUT2D eigenvalue weighted by atomic mass is 35.5. The molecule has 5 rings (SSSR count). The van der Waals surface area contributed by atoms with Crippen molar-refractivity contribution in [2.24, 2.45) is 0 Å². The summed E-state index contributed by atoms with van der Waals surface area (Å²) < 4.78 is 14.0. The molecular formula is C29H26ClFN2O. The van der Waals surface area contributed by atoms with E-state index in [1.807, 2.05) is 35.4 Å². The second-order valence-electron chi connectivity index (χ2n) is 8.99. The van der Waals surface area contributed by atoms with E-state index in [4.69, 9.17) is 11.6 Å². The second-order valence-corrected chi connectivity index (χ2v) is 9.43. The van der Waals surface area contributed by atoms with Gasteiger partial charge in [0.1, 0.15) is 5.82 Å². The van der Waals surface area contributed by atoms with Crippen LogP contribution in [0, 0.1) is 5.82 Å². The van der Waals surface area contributed by atoms with Crippen LogP contribution in [0.1, 0.15) is 53.1 Å². The lowest BCUT2D eigenvalue weighted by molar-refractivity contribution is 0.0606. The van der Waals surface area contributed by atoms with Crippen molar-refractivity contribution in [1.29, 1.82) is 0 Å². The molecule has 1 fully saturated rings. The van der Waals surface area contributed by atoms with Gasteiger partial charge in [-0.1, -0.05) is 41.9 Å². The van der Waals surface area contributed by atoms with Crippen LogP contribution in [0.2, 0.25) is 5.02 Å². The topological polar surface area (TPSA) is 33.2 Å². The van der Waals surface area contributed by atoms with E-state index < -0.39 is 0 Å². The number of fused-ring (bicyclic) bond motifs is 1. The van der Waals surface area contributed by atoms with Crippen LogP contribution in [0.25, 0.3) is 10.9 Å². The summed E-state index contributed by atoms with van der Waals surface area (Å²) in [6, 6.07) is 24.2. The summed E-state index contributed by atoms with van der Waals surface area (Å²) in [5.74, 6) is 0.117. The van der Waals surface area contributed by atoms with Crippen LogP contribution >= 0.6 is 11.6 Å². The number of amides is 1. The minimum Gasteiger partial charge on any atom is -0.331 e. The van der Waals surface area contributed by atoms with Gasteiger partial charge in [-0.05, 0) is 91.3 Å². The molecule has 4 aromatic rings. The molecular weight excluding hydrogens is 447 g/mol. The van der Waals surface area contributed by atoms with Gasteiger partial charge in [0.2, 0.25) is 0 Å². The van der Waals surface area contributed by atoms with Crippen LogP contribution in [-0.4, -0.2) is 21.8 Å². The van der Waals surface area contributed by atoms with Crippen LogP contribution in [0.4, 0.5) is 4.39 Å². The van der Waals surface area contributed by atoms with E-state index >= 15 is 0 Å². The predicted molar refractivity (Wildman–Crippen MR) is 134 cm³/mol. The van der Waals surface area contributed by atoms with Gasteiger partial charge in [0, 0.05) is 34.8 Å². The molecule has 1 amide bonds. The molecule has 34 heavy (non-hydrogen) atoms. The molecule has 0 unspecified atom stereocenters. The molecule has 0 atom stereocenters. The lowest BCUT2D eigenvalue weighted by Gasteiger charge is -2.37. The third-order valence-electron chi connectivity index (χ3n) is 6.86. The van der Waals surface area contributed by atoms with Crippen molar-refractivity contribution < 1.29 is 9.18 Å². The van der Waals surface area contributed by atoms with Crippen LogP contribution < -0.4 is 0 Å². The molecule has 172 valence electrons. The highest BCUT2D eigenvalue weighted by Gasteiger charge is 2.30. The van der Waals surface area contributed by atoms with Crippen molar-refractivity contribution in [1.82, 2.24) is 9.88 Å². The van der Waals surface area contributed by atoms with Gasteiger partial charge in [0.25, 0.3) is 5.91 Å². The average Bonchev–Trinajstić information content (AvgIpc) is 2.88. The lowest BCUT2D eigenvalue weighted by atomic mass is 9.80. The molecule has 0 N–H and O–H groups in total. The Kier molecular flexibility index (Phi) is 6.59. The molecule has 1 saturated carbocycles. The standard InChI is InChI=1S/C29H26ClFN2O/c30-23-10-6-22(7-11-23)29(34)33(19-20-4-2-1-3-5-20)25-13-8-21(9-14-25)26-16-17-32-28-15-12-24(31)18-27(26)28/h1-7,10-12,15-18,21,25H,8-9,13-14,19H2/t21-,25-. The first-order chi connectivity index (χ1) is 16.6. The lowest BCUT2D eigenvalue weighted by Crippen LogP contribution is -2.41. The summed E-state index contributed by atoms with van der Waals surface area (Å²) in [4.78, 5) is 20.0. The summed E-state index contributed by atoms with van der Waals surface area (Å²) >= 11 is 6.05. The summed E-state index contributed by atoms with van der Waals surface area (Å²) in [5.41, 5.74) is 3.74. The van der Waals surface area contributed by atoms with Crippen molar-refractivity contribution >= 4 is 28.4 Å². The molecule has 5 heteroatoms. The van der Waals surface area contributed by atoms with Gasteiger partial charge < -0.3 is 4.90 Å². The zero-order valence-corrected chi connectivity index (χ0v) is 19.6. The number of carbonyl (C=O) groups is 1. The molecule has 1 aliphatic rings. The van der Waals surface area contributed by atoms with Gasteiger partial charge in [-0.3, -0.25) is 9.78 Å². The molecule has 0 spiro atoms. The zero-order valence-electron chi connectivity index (χ0n) is 18.8.